The van der Waals surface area contributed by atoms with Crippen molar-refractivity contribution < 1.29 is 17.9 Å². The van der Waals surface area contributed by atoms with Crippen LogP contribution in [0.1, 0.15) is 38.3 Å². The van der Waals surface area contributed by atoms with E-state index in [0.29, 0.717) is 32.3 Å². The molecule has 0 radical (unpaired) electrons. The lowest BCUT2D eigenvalue weighted by Gasteiger charge is -2.20. The van der Waals surface area contributed by atoms with Crippen LogP contribution in [0.5, 0.6) is 5.75 Å². The average molecular weight is 414 g/mol. The molecule has 0 saturated carbocycles. The maximum Gasteiger partial charge on any atom is 0.191 e. The van der Waals surface area contributed by atoms with Gasteiger partial charge >= 0.3 is 0 Å². The van der Waals surface area contributed by atoms with Gasteiger partial charge in [-0.25, -0.2) is 8.42 Å². The monoisotopic (exact) mass is 413 g/mol. The standard InChI is InChI=1S/C20H35N3O4S/c1-16-8-9-17(18(14-16)27-12-7-11-26-6)15-23-19(21-5)22-10-13-28(24,25)20(2,3)4/h8-9,14H,7,10-13,15H2,1-6H3,(H2,21,22,23). The number of aryl methyl sites for hydroxylation is 1. The molecule has 0 aromatic heterocycles. The number of benzene rings is 1. The minimum Gasteiger partial charge on any atom is -0.493 e. The fraction of sp³-hybridized carbons (Fsp3) is 0.650. The predicted molar refractivity (Wildman–Crippen MR) is 115 cm³/mol. The SMILES string of the molecule is CN=C(NCCS(=O)(=O)C(C)(C)C)NCc1ccc(C)cc1OCCCOC. The van der Waals surface area contributed by atoms with Gasteiger partial charge in [-0.15, -0.1) is 0 Å². The Morgan fingerprint density at radius 3 is 2.50 bits per heavy atom. The highest BCUT2D eigenvalue weighted by Gasteiger charge is 2.28. The second-order valence-corrected chi connectivity index (χ2v) is 10.5. The summed E-state index contributed by atoms with van der Waals surface area (Å²) in [4.78, 5) is 4.16. The van der Waals surface area contributed by atoms with Crippen LogP contribution >= 0.6 is 0 Å². The lowest BCUT2D eigenvalue weighted by molar-refractivity contribution is 0.171. The Hall–Kier alpha value is -1.80. The summed E-state index contributed by atoms with van der Waals surface area (Å²) in [7, 11) is 0.161. The van der Waals surface area contributed by atoms with Crippen LogP contribution in [-0.4, -0.2) is 58.8 Å². The molecule has 28 heavy (non-hydrogen) atoms. The van der Waals surface area contributed by atoms with E-state index in [-0.39, 0.29) is 5.75 Å². The van der Waals surface area contributed by atoms with Gasteiger partial charge in [0, 0.05) is 45.8 Å². The van der Waals surface area contributed by atoms with Crippen molar-refractivity contribution in [3.05, 3.63) is 29.3 Å². The van der Waals surface area contributed by atoms with E-state index in [1.165, 1.54) is 0 Å². The van der Waals surface area contributed by atoms with Crippen LogP contribution in [0.25, 0.3) is 0 Å². The van der Waals surface area contributed by atoms with Crippen molar-refractivity contribution in [1.29, 1.82) is 0 Å². The summed E-state index contributed by atoms with van der Waals surface area (Å²) in [5.41, 5.74) is 2.13. The number of sulfone groups is 1. The molecule has 0 aliphatic carbocycles. The zero-order valence-electron chi connectivity index (χ0n) is 18.0. The Kier molecular flexibility index (Phi) is 9.75. The van der Waals surface area contributed by atoms with Crippen LogP contribution in [0.2, 0.25) is 0 Å². The predicted octanol–water partition coefficient (Wildman–Crippen LogP) is 2.29. The van der Waals surface area contributed by atoms with Crippen molar-refractivity contribution in [2.24, 2.45) is 4.99 Å². The Bertz CT molecular complexity index is 740. The summed E-state index contributed by atoms with van der Waals surface area (Å²) >= 11 is 0. The van der Waals surface area contributed by atoms with E-state index in [1.807, 2.05) is 25.1 Å². The smallest absolute Gasteiger partial charge is 0.191 e. The number of nitrogens with one attached hydrogen (secondary N) is 2. The number of ether oxygens (including phenoxy) is 2. The van der Waals surface area contributed by atoms with E-state index in [2.05, 4.69) is 15.6 Å². The molecule has 0 spiro atoms. The molecule has 1 aromatic carbocycles. The quantitative estimate of drug-likeness (QED) is 0.348. The van der Waals surface area contributed by atoms with Crippen LogP contribution in [0.4, 0.5) is 0 Å². The first-order valence-electron chi connectivity index (χ1n) is 9.49. The molecule has 160 valence electrons. The summed E-state index contributed by atoms with van der Waals surface area (Å²) in [5.74, 6) is 1.43. The molecule has 0 amide bonds. The van der Waals surface area contributed by atoms with Crippen molar-refractivity contribution in [3.63, 3.8) is 0 Å². The summed E-state index contributed by atoms with van der Waals surface area (Å²) in [6.07, 6.45) is 0.822. The van der Waals surface area contributed by atoms with E-state index >= 15 is 0 Å². The van der Waals surface area contributed by atoms with Gasteiger partial charge in [0.15, 0.2) is 15.8 Å². The fourth-order valence-electron chi connectivity index (χ4n) is 2.34. The van der Waals surface area contributed by atoms with Crippen LogP contribution in [0, 0.1) is 6.92 Å². The zero-order valence-corrected chi connectivity index (χ0v) is 18.8. The molecule has 0 fully saturated rings. The zero-order chi connectivity index (χ0) is 21.2. The van der Waals surface area contributed by atoms with E-state index < -0.39 is 14.6 Å². The Morgan fingerprint density at radius 1 is 1.18 bits per heavy atom. The number of nitrogens with zero attached hydrogens (tertiary/aromatic N) is 1. The molecule has 0 heterocycles. The largest absolute Gasteiger partial charge is 0.493 e. The second kappa shape index (κ2) is 11.3. The van der Waals surface area contributed by atoms with Gasteiger partial charge < -0.3 is 20.1 Å². The lowest BCUT2D eigenvalue weighted by Crippen LogP contribution is -2.41. The third-order valence-corrected chi connectivity index (χ3v) is 6.85. The van der Waals surface area contributed by atoms with E-state index in [1.54, 1.807) is 34.9 Å². The number of rotatable bonds is 10. The van der Waals surface area contributed by atoms with Gasteiger partial charge in [-0.05, 0) is 39.3 Å². The van der Waals surface area contributed by atoms with Crippen LogP contribution in [-0.2, 0) is 21.1 Å². The molecule has 0 saturated heterocycles. The van der Waals surface area contributed by atoms with Crippen LogP contribution < -0.4 is 15.4 Å². The van der Waals surface area contributed by atoms with Gasteiger partial charge in [-0.3, -0.25) is 4.99 Å². The molecule has 2 N–H and O–H groups in total. The summed E-state index contributed by atoms with van der Waals surface area (Å²) < 4.78 is 34.6. The molecule has 1 rings (SSSR count). The van der Waals surface area contributed by atoms with Gasteiger partial charge in [0.2, 0.25) is 0 Å². The molecule has 0 bridgehead atoms. The molecule has 8 heteroatoms. The van der Waals surface area contributed by atoms with Crippen molar-refractivity contribution in [2.45, 2.75) is 45.4 Å². The van der Waals surface area contributed by atoms with Crippen molar-refractivity contribution in [2.75, 3.05) is 39.7 Å². The minimum absolute atomic E-state index is 0.0512. The first-order chi connectivity index (χ1) is 13.1. The van der Waals surface area contributed by atoms with Crippen LogP contribution in [0.15, 0.2) is 23.2 Å². The van der Waals surface area contributed by atoms with Gasteiger partial charge in [0.05, 0.1) is 17.1 Å². The van der Waals surface area contributed by atoms with Gasteiger partial charge in [0.25, 0.3) is 0 Å². The highest BCUT2D eigenvalue weighted by atomic mass is 32.2. The third kappa shape index (κ3) is 8.06. The first-order valence-corrected chi connectivity index (χ1v) is 11.1. The average Bonchev–Trinajstić information content (AvgIpc) is 2.61. The third-order valence-electron chi connectivity index (χ3n) is 4.24. The van der Waals surface area contributed by atoms with E-state index in [0.717, 1.165) is 23.3 Å². The summed E-state index contributed by atoms with van der Waals surface area (Å²) in [5, 5.41) is 6.27. The topological polar surface area (TPSA) is 89.0 Å². The van der Waals surface area contributed by atoms with Crippen molar-refractivity contribution in [1.82, 2.24) is 10.6 Å². The number of guanidine groups is 1. The Balaban J connectivity index is 2.61. The van der Waals surface area contributed by atoms with Gasteiger partial charge in [-0.1, -0.05) is 12.1 Å². The Morgan fingerprint density at radius 2 is 1.89 bits per heavy atom. The molecule has 7 nitrogen and oxygen atoms in total. The molecule has 1 aromatic rings. The van der Waals surface area contributed by atoms with Crippen molar-refractivity contribution in [3.8, 4) is 5.75 Å². The maximum atomic E-state index is 12.2. The molecule has 0 aliphatic rings. The number of hydrogen-bond acceptors (Lipinski definition) is 5. The molecular formula is C20H35N3O4S. The number of hydrogen-bond donors (Lipinski definition) is 2. The van der Waals surface area contributed by atoms with Gasteiger partial charge in [-0.2, -0.15) is 0 Å². The lowest BCUT2D eigenvalue weighted by atomic mass is 10.1. The molecule has 0 aliphatic heterocycles. The number of methoxy groups -OCH3 is 1. The minimum atomic E-state index is -3.17. The Labute approximate surface area is 169 Å². The van der Waals surface area contributed by atoms with Crippen LogP contribution in [0.3, 0.4) is 0 Å². The summed E-state index contributed by atoms with van der Waals surface area (Å²) in [6.45, 7) is 9.22. The van der Waals surface area contributed by atoms with Gasteiger partial charge in [0.1, 0.15) is 5.75 Å². The van der Waals surface area contributed by atoms with Crippen molar-refractivity contribution >= 4 is 15.8 Å². The fourth-order valence-corrected chi connectivity index (χ4v) is 3.32. The highest BCUT2D eigenvalue weighted by Crippen LogP contribution is 2.20. The normalized spacial score (nSPS) is 12.7. The molecule has 0 unspecified atom stereocenters. The van der Waals surface area contributed by atoms with E-state index in [4.69, 9.17) is 9.47 Å². The second-order valence-electron chi connectivity index (χ2n) is 7.59. The first kappa shape index (κ1) is 24.2. The molecular weight excluding hydrogens is 378 g/mol. The number of aliphatic imine (C=N–C) groups is 1. The molecule has 0 atom stereocenters. The highest BCUT2D eigenvalue weighted by molar-refractivity contribution is 7.92. The van der Waals surface area contributed by atoms with E-state index in [9.17, 15) is 8.42 Å². The maximum absolute atomic E-state index is 12.2. The summed E-state index contributed by atoms with van der Waals surface area (Å²) in [6, 6.07) is 6.06.